The summed E-state index contributed by atoms with van der Waals surface area (Å²) < 4.78 is 43.4. The Balaban J connectivity index is 1.69. The summed E-state index contributed by atoms with van der Waals surface area (Å²) in [5.41, 5.74) is 4.81. The molecule has 144 valence electrons. The van der Waals surface area contributed by atoms with E-state index in [1.54, 1.807) is 31.2 Å². The van der Waals surface area contributed by atoms with E-state index in [4.69, 9.17) is 0 Å². The van der Waals surface area contributed by atoms with Gasteiger partial charge in [0, 0.05) is 11.1 Å². The Morgan fingerprint density at radius 3 is 1.48 bits per heavy atom. The van der Waals surface area contributed by atoms with Crippen LogP contribution in [0.1, 0.15) is 11.1 Å². The summed E-state index contributed by atoms with van der Waals surface area (Å²) in [6.07, 6.45) is 0. The topological polar surface area (TPSA) is 0 Å². The van der Waals surface area contributed by atoms with Crippen molar-refractivity contribution in [2.24, 2.45) is 0 Å². The van der Waals surface area contributed by atoms with E-state index < -0.39 is 17.5 Å². The first-order valence-corrected chi connectivity index (χ1v) is 9.36. The van der Waals surface area contributed by atoms with E-state index in [1.165, 1.54) is 23.8 Å². The Morgan fingerprint density at radius 2 is 0.931 bits per heavy atom. The SMILES string of the molecule is Cc1ccc(-c2ccc(-c3ccc(-c4ccc(C)c(F)c4)c(F)c3F)cc2)cc1. The predicted molar refractivity (Wildman–Crippen MR) is 112 cm³/mol. The normalized spacial score (nSPS) is 10.9. The molecule has 0 atom stereocenters. The lowest BCUT2D eigenvalue weighted by atomic mass is 9.96. The molecule has 0 aliphatic heterocycles. The zero-order valence-corrected chi connectivity index (χ0v) is 16.1. The van der Waals surface area contributed by atoms with Crippen LogP contribution >= 0.6 is 0 Å². The van der Waals surface area contributed by atoms with Crippen LogP contribution in [0.5, 0.6) is 0 Å². The number of hydrogen-bond donors (Lipinski definition) is 0. The van der Waals surface area contributed by atoms with Gasteiger partial charge in [-0.3, -0.25) is 0 Å². The maximum atomic E-state index is 14.8. The van der Waals surface area contributed by atoms with Gasteiger partial charge < -0.3 is 0 Å². The van der Waals surface area contributed by atoms with Crippen molar-refractivity contribution in [3.05, 3.63) is 107 Å². The van der Waals surface area contributed by atoms with Crippen LogP contribution in [-0.2, 0) is 0 Å². The highest BCUT2D eigenvalue weighted by atomic mass is 19.2. The van der Waals surface area contributed by atoms with Gasteiger partial charge in [0.05, 0.1) is 0 Å². The van der Waals surface area contributed by atoms with E-state index in [-0.39, 0.29) is 11.1 Å². The molecule has 4 aromatic rings. The van der Waals surface area contributed by atoms with Crippen molar-refractivity contribution >= 4 is 0 Å². The van der Waals surface area contributed by atoms with Crippen LogP contribution in [0.4, 0.5) is 13.2 Å². The molecule has 0 saturated heterocycles. The fraction of sp³-hybridized carbons (Fsp3) is 0.0769. The van der Waals surface area contributed by atoms with Gasteiger partial charge in [0.1, 0.15) is 5.82 Å². The third-order valence-corrected chi connectivity index (χ3v) is 5.15. The summed E-state index contributed by atoms with van der Waals surface area (Å²) >= 11 is 0. The molecule has 0 aromatic heterocycles. The summed E-state index contributed by atoms with van der Waals surface area (Å²) in [4.78, 5) is 0. The Bertz CT molecular complexity index is 1170. The Hall–Kier alpha value is -3.33. The Kier molecular flexibility index (Phi) is 4.98. The van der Waals surface area contributed by atoms with Crippen LogP contribution in [0.25, 0.3) is 33.4 Å². The van der Waals surface area contributed by atoms with Crippen molar-refractivity contribution < 1.29 is 13.2 Å². The van der Waals surface area contributed by atoms with Gasteiger partial charge >= 0.3 is 0 Å². The maximum Gasteiger partial charge on any atom is 0.167 e. The Morgan fingerprint density at radius 1 is 0.483 bits per heavy atom. The van der Waals surface area contributed by atoms with E-state index in [9.17, 15) is 13.2 Å². The summed E-state index contributed by atoms with van der Waals surface area (Å²) in [7, 11) is 0. The zero-order chi connectivity index (χ0) is 20.5. The van der Waals surface area contributed by atoms with Crippen molar-refractivity contribution in [1.82, 2.24) is 0 Å². The predicted octanol–water partition coefficient (Wildman–Crippen LogP) is 7.72. The number of rotatable bonds is 3. The molecule has 0 radical (unpaired) electrons. The van der Waals surface area contributed by atoms with Gasteiger partial charge in [0.2, 0.25) is 0 Å². The van der Waals surface area contributed by atoms with E-state index in [0.717, 1.165) is 11.1 Å². The lowest BCUT2D eigenvalue weighted by molar-refractivity contribution is 0.513. The Labute approximate surface area is 168 Å². The number of benzene rings is 4. The van der Waals surface area contributed by atoms with Gasteiger partial charge in [-0.1, -0.05) is 78.4 Å². The second kappa shape index (κ2) is 7.59. The highest BCUT2D eigenvalue weighted by Gasteiger charge is 2.16. The second-order valence-electron chi connectivity index (χ2n) is 7.20. The van der Waals surface area contributed by atoms with Crippen LogP contribution in [-0.4, -0.2) is 0 Å². The lowest BCUT2D eigenvalue weighted by Crippen LogP contribution is -1.95. The van der Waals surface area contributed by atoms with Crippen molar-refractivity contribution in [2.45, 2.75) is 13.8 Å². The number of aryl methyl sites for hydroxylation is 2. The maximum absolute atomic E-state index is 14.8. The molecule has 0 bridgehead atoms. The first-order valence-electron chi connectivity index (χ1n) is 9.36. The van der Waals surface area contributed by atoms with Gasteiger partial charge in [-0.2, -0.15) is 0 Å². The molecule has 4 aromatic carbocycles. The smallest absolute Gasteiger partial charge is 0.167 e. The van der Waals surface area contributed by atoms with Gasteiger partial charge in [0.15, 0.2) is 11.6 Å². The quantitative estimate of drug-likeness (QED) is 0.337. The summed E-state index contributed by atoms with van der Waals surface area (Å²) in [6, 6.07) is 22.8. The van der Waals surface area contributed by atoms with Crippen molar-refractivity contribution in [3.63, 3.8) is 0 Å². The fourth-order valence-electron chi connectivity index (χ4n) is 3.34. The van der Waals surface area contributed by atoms with Crippen LogP contribution in [0, 0.1) is 31.3 Å². The molecule has 0 spiro atoms. The third-order valence-electron chi connectivity index (χ3n) is 5.15. The first kappa shape index (κ1) is 19.0. The monoisotopic (exact) mass is 388 g/mol. The van der Waals surface area contributed by atoms with Crippen LogP contribution < -0.4 is 0 Å². The van der Waals surface area contributed by atoms with Gasteiger partial charge in [0.25, 0.3) is 0 Å². The van der Waals surface area contributed by atoms with Crippen LogP contribution in [0.15, 0.2) is 78.9 Å². The second-order valence-corrected chi connectivity index (χ2v) is 7.20. The molecule has 0 saturated carbocycles. The summed E-state index contributed by atoms with van der Waals surface area (Å²) in [5.74, 6) is -2.36. The summed E-state index contributed by atoms with van der Waals surface area (Å²) in [6.45, 7) is 3.65. The third kappa shape index (κ3) is 3.68. The molecule has 3 heteroatoms. The minimum absolute atomic E-state index is 0.0430. The number of halogens is 3. The first-order chi connectivity index (χ1) is 13.9. The zero-order valence-electron chi connectivity index (χ0n) is 16.1. The summed E-state index contributed by atoms with van der Waals surface area (Å²) in [5, 5.41) is 0. The number of hydrogen-bond acceptors (Lipinski definition) is 0. The molecular weight excluding hydrogens is 369 g/mol. The average molecular weight is 388 g/mol. The van der Waals surface area contributed by atoms with Crippen LogP contribution in [0.3, 0.4) is 0 Å². The average Bonchev–Trinajstić information content (AvgIpc) is 2.73. The van der Waals surface area contributed by atoms with Crippen LogP contribution in [0.2, 0.25) is 0 Å². The van der Waals surface area contributed by atoms with E-state index >= 15 is 0 Å². The lowest BCUT2D eigenvalue weighted by Gasteiger charge is -2.11. The standard InChI is InChI=1S/C26H19F3/c1-16-3-6-18(7-4-16)19-9-11-20(12-10-19)22-13-14-23(26(29)25(22)28)21-8-5-17(2)24(27)15-21/h3-15H,1-2H3. The van der Waals surface area contributed by atoms with Gasteiger partial charge in [-0.25, -0.2) is 13.2 Å². The molecule has 0 aliphatic rings. The largest absolute Gasteiger partial charge is 0.207 e. The highest BCUT2D eigenvalue weighted by Crippen LogP contribution is 2.33. The minimum Gasteiger partial charge on any atom is -0.207 e. The van der Waals surface area contributed by atoms with E-state index in [2.05, 4.69) is 0 Å². The minimum atomic E-state index is -0.978. The van der Waals surface area contributed by atoms with E-state index in [0.29, 0.717) is 16.7 Å². The molecule has 0 aliphatic carbocycles. The molecule has 0 heterocycles. The molecule has 0 nitrogen and oxygen atoms in total. The van der Waals surface area contributed by atoms with E-state index in [1.807, 2.05) is 43.3 Å². The fourth-order valence-corrected chi connectivity index (χ4v) is 3.34. The molecule has 0 fully saturated rings. The molecule has 4 rings (SSSR count). The van der Waals surface area contributed by atoms with Crippen molar-refractivity contribution in [1.29, 1.82) is 0 Å². The van der Waals surface area contributed by atoms with Gasteiger partial charge in [-0.15, -0.1) is 0 Å². The molecule has 0 N–H and O–H groups in total. The van der Waals surface area contributed by atoms with Crippen molar-refractivity contribution in [2.75, 3.05) is 0 Å². The van der Waals surface area contributed by atoms with Crippen molar-refractivity contribution in [3.8, 4) is 33.4 Å². The molecule has 0 amide bonds. The molecular formula is C26H19F3. The van der Waals surface area contributed by atoms with Gasteiger partial charge in [-0.05, 0) is 47.7 Å². The molecule has 0 unspecified atom stereocenters. The molecule has 29 heavy (non-hydrogen) atoms. The highest BCUT2D eigenvalue weighted by molar-refractivity contribution is 5.74.